The fourth-order valence-electron chi connectivity index (χ4n) is 3.56. The van der Waals surface area contributed by atoms with E-state index in [1.807, 2.05) is 42.5 Å². The minimum absolute atomic E-state index is 0.0442. The predicted octanol–water partition coefficient (Wildman–Crippen LogP) is 3.64. The summed E-state index contributed by atoms with van der Waals surface area (Å²) in [4.78, 5) is 51.6. The van der Waals surface area contributed by atoms with Crippen LogP contribution in [-0.4, -0.2) is 66.7 Å². The van der Waals surface area contributed by atoms with Crippen LogP contribution in [0.2, 0.25) is 0 Å². The van der Waals surface area contributed by atoms with Crippen molar-refractivity contribution >= 4 is 36.0 Å². The van der Waals surface area contributed by atoms with E-state index < -0.39 is 35.5 Å². The summed E-state index contributed by atoms with van der Waals surface area (Å²) in [7, 11) is 1.20. The summed E-state index contributed by atoms with van der Waals surface area (Å²) in [5.41, 5.74) is 1.64. The highest BCUT2D eigenvalue weighted by atomic mass is 16.6. The Labute approximate surface area is 223 Å². The summed E-state index contributed by atoms with van der Waals surface area (Å²) in [6.45, 7) is 4.87. The van der Waals surface area contributed by atoms with Gasteiger partial charge in [-0.25, -0.2) is 9.59 Å². The van der Waals surface area contributed by atoms with E-state index in [9.17, 15) is 19.2 Å². The third-order valence-electron chi connectivity index (χ3n) is 5.66. The number of rotatable bonds is 10. The molecule has 0 aromatic heterocycles. The minimum atomic E-state index is -1.11. The first-order valence-electron chi connectivity index (χ1n) is 12.5. The molecular formula is C29H35N3O6. The van der Waals surface area contributed by atoms with Gasteiger partial charge in [-0.1, -0.05) is 54.6 Å². The second-order valence-corrected chi connectivity index (χ2v) is 10.1. The zero-order valence-corrected chi connectivity index (χ0v) is 22.2. The molecule has 0 bridgehead atoms. The molecule has 0 radical (unpaired) electrons. The Bertz CT molecular complexity index is 1150. The van der Waals surface area contributed by atoms with Gasteiger partial charge in [-0.3, -0.25) is 14.5 Å². The molecule has 1 aliphatic rings. The molecule has 0 unspecified atom stereocenters. The third kappa shape index (κ3) is 9.06. The highest BCUT2D eigenvalue weighted by Gasteiger charge is 2.36. The lowest BCUT2D eigenvalue weighted by molar-refractivity contribution is -0.142. The standard InChI is InChI=1S/C29H35N3O6/c1-29(2,3)38-28(36)32(23-16-17-23)19-25(33)30-18-24(27(35)37-4)31-26(34)22-14-12-21(13-15-22)11-10-20-8-6-5-7-9-20/h5-15,23-24H,16-19H2,1-4H3,(H,30,33)(H,31,34)/b11-10+/t24-/m0/s1. The lowest BCUT2D eigenvalue weighted by Crippen LogP contribution is -2.51. The summed E-state index contributed by atoms with van der Waals surface area (Å²) in [6, 6.07) is 15.6. The molecule has 0 heterocycles. The molecule has 1 fully saturated rings. The van der Waals surface area contributed by atoms with Gasteiger partial charge in [0.05, 0.1) is 7.11 Å². The lowest BCUT2D eigenvalue weighted by Gasteiger charge is -2.27. The van der Waals surface area contributed by atoms with Crippen molar-refractivity contribution in [3.8, 4) is 0 Å². The number of nitrogens with one attached hydrogen (secondary N) is 2. The second kappa shape index (κ2) is 12.9. The maximum Gasteiger partial charge on any atom is 0.411 e. The highest BCUT2D eigenvalue weighted by Crippen LogP contribution is 2.28. The predicted molar refractivity (Wildman–Crippen MR) is 144 cm³/mol. The molecule has 0 spiro atoms. The van der Waals surface area contributed by atoms with Crippen LogP contribution in [0.3, 0.4) is 0 Å². The average Bonchev–Trinajstić information content (AvgIpc) is 3.73. The highest BCUT2D eigenvalue weighted by molar-refractivity contribution is 5.97. The van der Waals surface area contributed by atoms with Crippen molar-refractivity contribution in [3.05, 3.63) is 71.3 Å². The largest absolute Gasteiger partial charge is 0.467 e. The van der Waals surface area contributed by atoms with Crippen molar-refractivity contribution < 1.29 is 28.7 Å². The topological polar surface area (TPSA) is 114 Å². The van der Waals surface area contributed by atoms with Crippen LogP contribution in [0.15, 0.2) is 54.6 Å². The van der Waals surface area contributed by atoms with Gasteiger partial charge in [-0.2, -0.15) is 0 Å². The molecule has 3 amide bonds. The van der Waals surface area contributed by atoms with Crippen molar-refractivity contribution in [3.63, 3.8) is 0 Å². The van der Waals surface area contributed by atoms with Gasteiger partial charge in [0.25, 0.3) is 5.91 Å². The number of amides is 3. The molecular weight excluding hydrogens is 486 g/mol. The zero-order valence-electron chi connectivity index (χ0n) is 22.2. The summed E-state index contributed by atoms with van der Waals surface area (Å²) in [5, 5.41) is 5.22. The van der Waals surface area contributed by atoms with E-state index in [1.165, 1.54) is 12.0 Å². The molecule has 2 N–H and O–H groups in total. The number of carbonyl (C=O) groups is 4. The summed E-state index contributed by atoms with van der Waals surface area (Å²) in [5.74, 6) is -1.66. The Morgan fingerprint density at radius 2 is 1.58 bits per heavy atom. The van der Waals surface area contributed by atoms with Crippen molar-refractivity contribution in [1.82, 2.24) is 15.5 Å². The van der Waals surface area contributed by atoms with Gasteiger partial charge in [0.15, 0.2) is 0 Å². The van der Waals surface area contributed by atoms with Crippen LogP contribution in [0.5, 0.6) is 0 Å². The van der Waals surface area contributed by atoms with Gasteiger partial charge < -0.3 is 20.1 Å². The second-order valence-electron chi connectivity index (χ2n) is 10.1. The van der Waals surface area contributed by atoms with Crippen molar-refractivity contribution in [2.75, 3.05) is 20.2 Å². The number of carbonyl (C=O) groups excluding carboxylic acids is 4. The van der Waals surface area contributed by atoms with E-state index in [4.69, 9.17) is 9.47 Å². The van der Waals surface area contributed by atoms with Crippen LogP contribution in [-0.2, 0) is 19.1 Å². The molecule has 9 heteroatoms. The smallest absolute Gasteiger partial charge is 0.411 e. The number of nitrogens with zero attached hydrogens (tertiary/aromatic N) is 1. The molecule has 0 aliphatic heterocycles. The van der Waals surface area contributed by atoms with Gasteiger partial charge in [-0.15, -0.1) is 0 Å². The molecule has 1 aliphatic carbocycles. The summed E-state index contributed by atoms with van der Waals surface area (Å²) < 4.78 is 10.2. The van der Waals surface area contributed by atoms with Gasteiger partial charge in [0, 0.05) is 18.2 Å². The maximum atomic E-state index is 12.8. The molecule has 3 rings (SSSR count). The van der Waals surface area contributed by atoms with Crippen LogP contribution in [0, 0.1) is 0 Å². The van der Waals surface area contributed by atoms with Gasteiger partial charge in [-0.05, 0) is 56.9 Å². The van der Waals surface area contributed by atoms with Crippen molar-refractivity contribution in [1.29, 1.82) is 0 Å². The monoisotopic (exact) mass is 521 g/mol. The van der Waals surface area contributed by atoms with Gasteiger partial charge in [0.1, 0.15) is 18.2 Å². The number of hydrogen-bond donors (Lipinski definition) is 2. The fourth-order valence-corrected chi connectivity index (χ4v) is 3.56. The molecule has 1 saturated carbocycles. The third-order valence-corrected chi connectivity index (χ3v) is 5.66. The zero-order chi connectivity index (χ0) is 27.7. The van der Waals surface area contributed by atoms with E-state index in [2.05, 4.69) is 10.6 Å². The summed E-state index contributed by atoms with van der Waals surface area (Å²) in [6.07, 6.45) is 4.95. The van der Waals surface area contributed by atoms with Crippen LogP contribution < -0.4 is 10.6 Å². The Morgan fingerprint density at radius 3 is 2.13 bits per heavy atom. The van der Waals surface area contributed by atoms with Gasteiger partial charge >= 0.3 is 12.1 Å². The van der Waals surface area contributed by atoms with E-state index in [1.54, 1.807) is 45.0 Å². The van der Waals surface area contributed by atoms with Crippen LogP contribution >= 0.6 is 0 Å². The van der Waals surface area contributed by atoms with Crippen molar-refractivity contribution in [2.24, 2.45) is 0 Å². The molecule has 2 aromatic carbocycles. The minimum Gasteiger partial charge on any atom is -0.467 e. The summed E-state index contributed by atoms with van der Waals surface area (Å²) >= 11 is 0. The lowest BCUT2D eigenvalue weighted by atomic mass is 10.1. The van der Waals surface area contributed by atoms with E-state index >= 15 is 0 Å². The number of hydrogen-bond acceptors (Lipinski definition) is 6. The van der Waals surface area contributed by atoms with Crippen molar-refractivity contribution in [2.45, 2.75) is 51.3 Å². The van der Waals surface area contributed by atoms with Crippen LogP contribution in [0.4, 0.5) is 4.79 Å². The van der Waals surface area contributed by atoms with E-state index in [0.29, 0.717) is 5.56 Å². The van der Waals surface area contributed by atoms with E-state index in [0.717, 1.165) is 24.0 Å². The number of benzene rings is 2. The molecule has 202 valence electrons. The Kier molecular flexibility index (Phi) is 9.65. The first kappa shape index (κ1) is 28.4. The number of ether oxygens (including phenoxy) is 2. The Morgan fingerprint density at radius 1 is 0.974 bits per heavy atom. The van der Waals surface area contributed by atoms with Gasteiger partial charge in [0.2, 0.25) is 5.91 Å². The molecule has 1 atom stereocenters. The van der Waals surface area contributed by atoms with Crippen LogP contribution in [0.1, 0.15) is 55.1 Å². The quantitative estimate of drug-likeness (QED) is 0.365. The number of esters is 1. The normalized spacial score (nSPS) is 13.9. The number of methoxy groups -OCH3 is 1. The average molecular weight is 522 g/mol. The molecule has 2 aromatic rings. The SMILES string of the molecule is COC(=O)[C@H](CNC(=O)CN(C(=O)OC(C)(C)C)C1CC1)NC(=O)c1ccc(/C=C/c2ccccc2)cc1. The van der Waals surface area contributed by atoms with E-state index in [-0.39, 0.29) is 19.1 Å². The fraction of sp³-hybridized carbons (Fsp3) is 0.379. The Balaban J connectivity index is 1.56. The molecule has 9 nitrogen and oxygen atoms in total. The molecule has 0 saturated heterocycles. The van der Waals surface area contributed by atoms with Crippen LogP contribution in [0.25, 0.3) is 12.2 Å². The first-order valence-corrected chi connectivity index (χ1v) is 12.5. The Hall–Kier alpha value is -4.14. The first-order chi connectivity index (χ1) is 18.1. The maximum absolute atomic E-state index is 12.8. The molecule has 38 heavy (non-hydrogen) atoms.